The molecule has 0 saturated carbocycles. The van der Waals surface area contributed by atoms with Crippen molar-refractivity contribution < 1.29 is 9.18 Å². The second-order valence-electron chi connectivity index (χ2n) is 10.4. The van der Waals surface area contributed by atoms with Crippen LogP contribution in [-0.2, 0) is 18.5 Å². The average molecular weight is 491 g/mol. The van der Waals surface area contributed by atoms with Crippen LogP contribution in [0.25, 0.3) is 0 Å². The topological polar surface area (TPSA) is 82.2 Å². The van der Waals surface area contributed by atoms with Crippen molar-refractivity contribution in [2.75, 3.05) is 24.7 Å². The zero-order valence-corrected chi connectivity index (χ0v) is 21.8. The number of likely N-dealkylation sites (N-methyl/N-ethyl adjacent to an activating group) is 1. The molecular weight excluding hydrogens is 455 g/mol. The Morgan fingerprint density at radius 1 is 1.03 bits per heavy atom. The van der Waals surface area contributed by atoms with Crippen molar-refractivity contribution in [1.29, 1.82) is 0 Å². The Kier molecular flexibility index (Phi) is 7.26. The lowest BCUT2D eigenvalue weighted by molar-refractivity contribution is 0.0943. The number of rotatable bonds is 8. The minimum atomic E-state index is -1.58. The number of aromatic nitrogens is 2. The van der Waals surface area contributed by atoms with Gasteiger partial charge in [0, 0.05) is 41.9 Å². The number of fused-ring (bicyclic) bond motifs is 1. The number of hydrogen-bond acceptors (Lipinski definition) is 6. The molecule has 2 heterocycles. The first-order chi connectivity index (χ1) is 17.0. The fraction of sp³-hybridized carbons (Fsp3) is 0.393. The molecule has 0 fully saturated rings. The molecule has 0 aliphatic heterocycles. The molecule has 0 bridgehead atoms. The standard InChI is InChI=1S/C28H35FN6O/c1-17(2)32-27(36)23-16-31-26(15-24(23)33-21-9-10-30-25(14-21)28(3,4)29)34-20-8-7-18-12-22(35(5)6)13-19(18)11-20/h7-11,14-17,22H,12-13H2,1-6H3,(H,32,36)(H2,30,31,33,34). The predicted octanol–water partition coefficient (Wildman–Crippen LogP) is 5.34. The highest BCUT2D eigenvalue weighted by Gasteiger charge is 2.24. The second kappa shape index (κ2) is 10.2. The maximum absolute atomic E-state index is 14.5. The van der Waals surface area contributed by atoms with Gasteiger partial charge in [-0.05, 0) is 90.0 Å². The van der Waals surface area contributed by atoms with Crippen LogP contribution in [0.15, 0.2) is 48.8 Å². The van der Waals surface area contributed by atoms with Gasteiger partial charge in [-0.2, -0.15) is 0 Å². The van der Waals surface area contributed by atoms with Crippen LogP contribution in [-0.4, -0.2) is 47.0 Å². The van der Waals surface area contributed by atoms with E-state index in [1.165, 1.54) is 25.0 Å². The van der Waals surface area contributed by atoms with Gasteiger partial charge in [0.2, 0.25) is 0 Å². The second-order valence-corrected chi connectivity index (χ2v) is 10.4. The van der Waals surface area contributed by atoms with Crippen molar-refractivity contribution in [2.45, 2.75) is 58.3 Å². The monoisotopic (exact) mass is 490 g/mol. The number of hydrogen-bond donors (Lipinski definition) is 3. The first-order valence-electron chi connectivity index (χ1n) is 12.3. The molecule has 1 unspecified atom stereocenters. The van der Waals surface area contributed by atoms with E-state index >= 15 is 0 Å². The van der Waals surface area contributed by atoms with E-state index in [2.05, 4.69) is 63.1 Å². The number of benzene rings is 1. The molecular formula is C28H35FN6O. The summed E-state index contributed by atoms with van der Waals surface area (Å²) in [4.78, 5) is 23.8. The highest BCUT2D eigenvalue weighted by Crippen LogP contribution is 2.31. The maximum Gasteiger partial charge on any atom is 0.255 e. The van der Waals surface area contributed by atoms with Gasteiger partial charge in [-0.3, -0.25) is 9.78 Å². The van der Waals surface area contributed by atoms with Crippen molar-refractivity contribution in [3.63, 3.8) is 0 Å². The lowest BCUT2D eigenvalue weighted by atomic mass is 10.1. The van der Waals surface area contributed by atoms with E-state index in [1.807, 2.05) is 13.8 Å². The highest BCUT2D eigenvalue weighted by atomic mass is 19.1. The van der Waals surface area contributed by atoms with Gasteiger partial charge in [-0.1, -0.05) is 6.07 Å². The molecule has 1 aliphatic rings. The lowest BCUT2D eigenvalue weighted by Crippen LogP contribution is -2.30. The largest absolute Gasteiger partial charge is 0.355 e. The number of carbonyl (C=O) groups excluding carboxylic acids is 1. The quantitative estimate of drug-likeness (QED) is 0.396. The molecule has 2 aromatic heterocycles. The van der Waals surface area contributed by atoms with Gasteiger partial charge in [0.25, 0.3) is 5.91 Å². The van der Waals surface area contributed by atoms with E-state index < -0.39 is 5.67 Å². The fourth-order valence-electron chi connectivity index (χ4n) is 4.32. The van der Waals surface area contributed by atoms with Gasteiger partial charge in [0.1, 0.15) is 11.5 Å². The Morgan fingerprint density at radius 2 is 1.75 bits per heavy atom. The summed E-state index contributed by atoms with van der Waals surface area (Å²) >= 11 is 0. The SMILES string of the molecule is CC(C)NC(=O)c1cnc(Nc2ccc3c(c2)CC(N(C)C)C3)cc1Nc1ccnc(C(C)(C)F)c1. The predicted molar refractivity (Wildman–Crippen MR) is 143 cm³/mol. The molecule has 1 atom stereocenters. The van der Waals surface area contributed by atoms with Gasteiger partial charge in [-0.15, -0.1) is 0 Å². The fourth-order valence-corrected chi connectivity index (χ4v) is 4.32. The Hall–Kier alpha value is -3.52. The van der Waals surface area contributed by atoms with Gasteiger partial charge >= 0.3 is 0 Å². The number of nitrogens with one attached hydrogen (secondary N) is 3. The minimum Gasteiger partial charge on any atom is -0.355 e. The molecule has 36 heavy (non-hydrogen) atoms. The molecule has 4 rings (SSSR count). The smallest absolute Gasteiger partial charge is 0.255 e. The molecule has 8 heteroatoms. The van der Waals surface area contributed by atoms with Crippen LogP contribution in [0.3, 0.4) is 0 Å². The number of pyridine rings is 2. The zero-order chi connectivity index (χ0) is 26.0. The molecule has 0 radical (unpaired) electrons. The normalized spacial score (nSPS) is 15.2. The summed E-state index contributed by atoms with van der Waals surface area (Å²) in [6, 6.07) is 12.1. The molecule has 1 aliphatic carbocycles. The van der Waals surface area contributed by atoms with E-state index in [9.17, 15) is 9.18 Å². The maximum atomic E-state index is 14.5. The molecule has 190 valence electrons. The Bertz CT molecular complexity index is 1250. The summed E-state index contributed by atoms with van der Waals surface area (Å²) in [5, 5.41) is 9.57. The van der Waals surface area contributed by atoms with Gasteiger partial charge in [0.05, 0.1) is 16.9 Å². The molecule has 1 aromatic carbocycles. The van der Waals surface area contributed by atoms with E-state index in [-0.39, 0.29) is 11.9 Å². The molecule has 0 spiro atoms. The van der Waals surface area contributed by atoms with E-state index in [0.717, 1.165) is 18.5 Å². The molecule has 3 N–H and O–H groups in total. The Morgan fingerprint density at radius 3 is 2.44 bits per heavy atom. The van der Waals surface area contributed by atoms with Crippen molar-refractivity contribution >= 4 is 28.8 Å². The third-order valence-corrected chi connectivity index (χ3v) is 6.34. The summed E-state index contributed by atoms with van der Waals surface area (Å²) in [6.45, 7) is 6.74. The minimum absolute atomic E-state index is 0.0274. The van der Waals surface area contributed by atoms with E-state index in [4.69, 9.17) is 0 Å². The zero-order valence-electron chi connectivity index (χ0n) is 21.8. The van der Waals surface area contributed by atoms with Crippen LogP contribution in [0.4, 0.5) is 27.3 Å². The summed E-state index contributed by atoms with van der Waals surface area (Å²) in [6.07, 6.45) is 5.18. The third-order valence-electron chi connectivity index (χ3n) is 6.34. The average Bonchev–Trinajstić information content (AvgIpc) is 3.22. The number of amides is 1. The number of halogens is 1. The van der Waals surface area contributed by atoms with Crippen LogP contribution in [0, 0.1) is 0 Å². The van der Waals surface area contributed by atoms with E-state index in [1.54, 1.807) is 30.6 Å². The molecule has 1 amide bonds. The number of anilines is 4. The van der Waals surface area contributed by atoms with Crippen molar-refractivity contribution in [3.05, 3.63) is 71.2 Å². The summed E-state index contributed by atoms with van der Waals surface area (Å²) in [5.74, 6) is 0.361. The van der Waals surface area contributed by atoms with Gasteiger partial charge < -0.3 is 20.9 Å². The van der Waals surface area contributed by atoms with Gasteiger partial charge in [-0.25, -0.2) is 9.37 Å². The summed E-state index contributed by atoms with van der Waals surface area (Å²) in [7, 11) is 4.23. The van der Waals surface area contributed by atoms with Crippen LogP contribution < -0.4 is 16.0 Å². The van der Waals surface area contributed by atoms with Gasteiger partial charge in [0.15, 0.2) is 0 Å². The molecule has 0 saturated heterocycles. The van der Waals surface area contributed by atoms with Crippen LogP contribution >= 0.6 is 0 Å². The van der Waals surface area contributed by atoms with E-state index in [0.29, 0.717) is 34.5 Å². The third kappa shape index (κ3) is 5.99. The van der Waals surface area contributed by atoms with Crippen molar-refractivity contribution in [1.82, 2.24) is 20.2 Å². The van der Waals surface area contributed by atoms with Crippen molar-refractivity contribution in [2.24, 2.45) is 0 Å². The van der Waals surface area contributed by atoms with Crippen LogP contribution in [0.1, 0.15) is 54.9 Å². The lowest BCUT2D eigenvalue weighted by Gasteiger charge is -2.18. The first kappa shape index (κ1) is 25.6. The summed E-state index contributed by atoms with van der Waals surface area (Å²) < 4.78 is 14.5. The molecule has 7 nitrogen and oxygen atoms in total. The Balaban J connectivity index is 1.63. The number of carbonyl (C=O) groups is 1. The molecule has 3 aromatic rings. The number of alkyl halides is 1. The summed E-state index contributed by atoms with van der Waals surface area (Å²) in [5.41, 5.74) is 3.97. The number of nitrogens with zero attached hydrogens (tertiary/aromatic N) is 3. The van der Waals surface area contributed by atoms with Crippen LogP contribution in [0.5, 0.6) is 0 Å². The van der Waals surface area contributed by atoms with Crippen molar-refractivity contribution in [3.8, 4) is 0 Å². The highest BCUT2D eigenvalue weighted by molar-refractivity contribution is 6.00. The first-order valence-corrected chi connectivity index (χ1v) is 12.3. The Labute approximate surface area is 212 Å². The van der Waals surface area contributed by atoms with Crippen LogP contribution in [0.2, 0.25) is 0 Å².